The largest absolute Gasteiger partial charge is 0.288 e. The minimum Gasteiger partial charge on any atom is -0.288 e. The lowest BCUT2D eigenvalue weighted by molar-refractivity contribution is 0.104. The summed E-state index contributed by atoms with van der Waals surface area (Å²) in [6.07, 6.45) is 0. The molecule has 2 rings (SSSR count). The van der Waals surface area contributed by atoms with E-state index in [-0.39, 0.29) is 5.78 Å². The molecule has 0 aliphatic heterocycles. The van der Waals surface area contributed by atoms with Gasteiger partial charge in [-0.2, -0.15) is 0 Å². The average molecular weight is 374 g/mol. The quantitative estimate of drug-likeness (QED) is 0.667. The van der Waals surface area contributed by atoms with Gasteiger partial charge in [0.15, 0.2) is 0 Å². The molecule has 1 nitrogen and oxygen atoms in total. The maximum absolute atomic E-state index is 12.3. The number of carbonyl (C=O) groups is 1. The number of aryl methyl sites for hydroxylation is 2. The van der Waals surface area contributed by atoms with Crippen molar-refractivity contribution < 1.29 is 4.79 Å². The number of thiophene rings is 1. The Kier molecular flexibility index (Phi) is 3.85. The molecule has 0 bridgehead atoms. The lowest BCUT2D eigenvalue weighted by Gasteiger charge is -2.02. The highest BCUT2D eigenvalue weighted by molar-refractivity contribution is 9.11. The highest BCUT2D eigenvalue weighted by Crippen LogP contribution is 2.30. The van der Waals surface area contributed by atoms with E-state index < -0.39 is 0 Å². The van der Waals surface area contributed by atoms with Crippen molar-refractivity contribution in [1.29, 1.82) is 0 Å². The second-order valence-electron chi connectivity index (χ2n) is 3.88. The van der Waals surface area contributed by atoms with Crippen LogP contribution in [0, 0.1) is 13.8 Å². The summed E-state index contributed by atoms with van der Waals surface area (Å²) in [6.45, 7) is 3.99. The van der Waals surface area contributed by atoms with Gasteiger partial charge in [-0.05, 0) is 59.1 Å². The van der Waals surface area contributed by atoms with Crippen LogP contribution in [0.3, 0.4) is 0 Å². The average Bonchev–Trinajstić information content (AvgIpc) is 2.58. The molecular formula is C13H10Br2OS. The first-order chi connectivity index (χ1) is 7.99. The van der Waals surface area contributed by atoms with Crippen LogP contribution in [0.2, 0.25) is 0 Å². The molecule has 1 aromatic carbocycles. The van der Waals surface area contributed by atoms with Crippen LogP contribution in [0.15, 0.2) is 32.5 Å². The van der Waals surface area contributed by atoms with Gasteiger partial charge in [-0.15, -0.1) is 11.3 Å². The van der Waals surface area contributed by atoms with Crippen LogP contribution in [0.1, 0.15) is 26.4 Å². The standard InChI is InChI=1S/C13H10Br2OS/c1-7-3-4-9(10(14)5-7)12(16)11-6-8(2)13(15)17-11/h3-6H,1-2H3. The van der Waals surface area contributed by atoms with Gasteiger partial charge in [-0.1, -0.05) is 22.0 Å². The molecule has 0 atom stereocenters. The molecule has 0 amide bonds. The van der Waals surface area contributed by atoms with Gasteiger partial charge in [0.25, 0.3) is 0 Å². The fraction of sp³-hybridized carbons (Fsp3) is 0.154. The van der Waals surface area contributed by atoms with Crippen molar-refractivity contribution in [2.75, 3.05) is 0 Å². The fourth-order valence-electron chi connectivity index (χ4n) is 1.51. The highest BCUT2D eigenvalue weighted by atomic mass is 79.9. The molecule has 0 unspecified atom stereocenters. The van der Waals surface area contributed by atoms with Crippen molar-refractivity contribution in [3.63, 3.8) is 0 Å². The number of hydrogen-bond donors (Lipinski definition) is 0. The zero-order chi connectivity index (χ0) is 12.6. The first-order valence-corrected chi connectivity index (χ1v) is 7.46. The lowest BCUT2D eigenvalue weighted by atomic mass is 10.1. The van der Waals surface area contributed by atoms with Crippen molar-refractivity contribution >= 4 is 49.0 Å². The molecule has 4 heteroatoms. The summed E-state index contributed by atoms with van der Waals surface area (Å²) in [7, 11) is 0. The van der Waals surface area contributed by atoms with Crippen molar-refractivity contribution in [1.82, 2.24) is 0 Å². The first-order valence-electron chi connectivity index (χ1n) is 5.06. The number of rotatable bonds is 2. The van der Waals surface area contributed by atoms with E-state index >= 15 is 0 Å². The monoisotopic (exact) mass is 372 g/mol. The summed E-state index contributed by atoms with van der Waals surface area (Å²) in [5.74, 6) is 0.0654. The summed E-state index contributed by atoms with van der Waals surface area (Å²) in [6, 6.07) is 7.70. The second kappa shape index (κ2) is 5.04. The summed E-state index contributed by atoms with van der Waals surface area (Å²) in [4.78, 5) is 13.1. The van der Waals surface area contributed by atoms with E-state index in [1.54, 1.807) is 0 Å². The van der Waals surface area contributed by atoms with Crippen molar-refractivity contribution in [2.45, 2.75) is 13.8 Å². The van der Waals surface area contributed by atoms with Crippen LogP contribution < -0.4 is 0 Å². The number of benzene rings is 1. The minimum absolute atomic E-state index is 0.0654. The molecule has 88 valence electrons. The molecule has 0 radical (unpaired) electrons. The van der Waals surface area contributed by atoms with Crippen LogP contribution in [0.4, 0.5) is 0 Å². The van der Waals surface area contributed by atoms with Gasteiger partial charge in [-0.25, -0.2) is 0 Å². The van der Waals surface area contributed by atoms with Gasteiger partial charge in [0.1, 0.15) is 0 Å². The Balaban J connectivity index is 2.43. The van der Waals surface area contributed by atoms with Crippen molar-refractivity contribution in [2.24, 2.45) is 0 Å². The van der Waals surface area contributed by atoms with Crippen LogP contribution in [0.25, 0.3) is 0 Å². The molecule has 0 aliphatic rings. The maximum atomic E-state index is 12.3. The second-order valence-corrected chi connectivity index (χ2v) is 7.10. The topological polar surface area (TPSA) is 17.1 Å². The Morgan fingerprint density at radius 1 is 1.18 bits per heavy atom. The third kappa shape index (κ3) is 2.69. The minimum atomic E-state index is 0.0654. The fourth-order valence-corrected chi connectivity index (χ4v) is 3.67. The number of ketones is 1. The van der Waals surface area contributed by atoms with Gasteiger partial charge in [-0.3, -0.25) is 4.79 Å². The van der Waals surface area contributed by atoms with E-state index in [4.69, 9.17) is 0 Å². The molecule has 2 aromatic rings. The molecule has 17 heavy (non-hydrogen) atoms. The van der Waals surface area contributed by atoms with E-state index in [0.717, 1.165) is 24.3 Å². The summed E-state index contributed by atoms with van der Waals surface area (Å²) in [5, 5.41) is 0. The molecule has 0 saturated carbocycles. The Morgan fingerprint density at radius 2 is 1.88 bits per heavy atom. The normalized spacial score (nSPS) is 10.6. The predicted octanol–water partition coefficient (Wildman–Crippen LogP) is 5.12. The zero-order valence-electron chi connectivity index (χ0n) is 9.38. The van der Waals surface area contributed by atoms with E-state index in [1.807, 2.05) is 38.1 Å². The van der Waals surface area contributed by atoms with E-state index in [2.05, 4.69) is 31.9 Å². The molecule has 0 N–H and O–H groups in total. The molecule has 0 aliphatic carbocycles. The summed E-state index contributed by atoms with van der Waals surface area (Å²) < 4.78 is 1.87. The number of hydrogen-bond acceptors (Lipinski definition) is 2. The predicted molar refractivity (Wildman–Crippen MR) is 79.1 cm³/mol. The van der Waals surface area contributed by atoms with Crippen LogP contribution in [-0.2, 0) is 0 Å². The van der Waals surface area contributed by atoms with Gasteiger partial charge in [0.05, 0.1) is 8.66 Å². The van der Waals surface area contributed by atoms with Gasteiger partial charge in [0, 0.05) is 10.0 Å². The van der Waals surface area contributed by atoms with Crippen LogP contribution in [0.5, 0.6) is 0 Å². The summed E-state index contributed by atoms with van der Waals surface area (Å²) >= 11 is 8.36. The van der Waals surface area contributed by atoms with Gasteiger partial charge < -0.3 is 0 Å². The zero-order valence-corrected chi connectivity index (χ0v) is 13.4. The van der Waals surface area contributed by atoms with Crippen molar-refractivity contribution in [3.05, 3.63) is 54.1 Å². The SMILES string of the molecule is Cc1ccc(C(=O)c2cc(C)c(Br)s2)c(Br)c1. The molecule has 0 saturated heterocycles. The van der Waals surface area contributed by atoms with Gasteiger partial charge >= 0.3 is 0 Å². The van der Waals surface area contributed by atoms with Crippen LogP contribution >= 0.6 is 43.2 Å². The van der Waals surface area contributed by atoms with E-state index in [1.165, 1.54) is 11.3 Å². The van der Waals surface area contributed by atoms with Crippen molar-refractivity contribution in [3.8, 4) is 0 Å². The molecule has 1 aromatic heterocycles. The molecule has 0 spiro atoms. The Morgan fingerprint density at radius 3 is 2.41 bits per heavy atom. The highest BCUT2D eigenvalue weighted by Gasteiger charge is 2.15. The molecule has 0 fully saturated rings. The Bertz CT molecular complexity index is 568. The van der Waals surface area contributed by atoms with E-state index in [9.17, 15) is 4.79 Å². The number of halogens is 2. The first kappa shape index (κ1) is 13.0. The molecule has 1 heterocycles. The number of carbonyl (C=O) groups excluding carboxylic acids is 1. The van der Waals surface area contributed by atoms with Crippen LogP contribution in [-0.4, -0.2) is 5.78 Å². The summed E-state index contributed by atoms with van der Waals surface area (Å²) in [5.41, 5.74) is 2.95. The van der Waals surface area contributed by atoms with E-state index in [0.29, 0.717) is 5.56 Å². The molecular weight excluding hydrogens is 364 g/mol. The van der Waals surface area contributed by atoms with Gasteiger partial charge in [0.2, 0.25) is 5.78 Å². The Hall–Kier alpha value is -0.450. The third-order valence-corrected chi connectivity index (χ3v) is 5.24. The smallest absolute Gasteiger partial charge is 0.204 e. The lowest BCUT2D eigenvalue weighted by Crippen LogP contribution is -1.99. The Labute approximate surface area is 121 Å². The maximum Gasteiger partial charge on any atom is 0.204 e. The third-order valence-electron chi connectivity index (χ3n) is 2.45.